The van der Waals surface area contributed by atoms with Crippen molar-refractivity contribution >= 4 is 5.91 Å². The largest absolute Gasteiger partial charge is 0.350 e. The fourth-order valence-electron chi connectivity index (χ4n) is 2.46. The Morgan fingerprint density at radius 3 is 2.52 bits per heavy atom. The lowest BCUT2D eigenvalue weighted by Crippen LogP contribution is -2.34. The molecule has 25 heavy (non-hydrogen) atoms. The Hall–Kier alpha value is -3.53. The molecule has 1 unspecified atom stereocenters. The molecule has 7 heteroatoms. The van der Waals surface area contributed by atoms with Crippen molar-refractivity contribution in [2.45, 2.75) is 19.0 Å². The molecular formula is C18H16N6O. The third kappa shape index (κ3) is 4.26. The minimum absolute atomic E-state index is 0.166. The fraction of sp³-hybridized carbons (Fsp3) is 0.167. The number of carbonyl (C=O) groups is 1. The van der Waals surface area contributed by atoms with E-state index in [0.717, 1.165) is 11.1 Å². The van der Waals surface area contributed by atoms with Crippen LogP contribution in [0.5, 0.6) is 0 Å². The predicted octanol–water partition coefficient (Wildman–Crippen LogP) is 1.64. The van der Waals surface area contributed by atoms with Gasteiger partial charge in [-0.15, -0.1) is 5.10 Å². The van der Waals surface area contributed by atoms with Gasteiger partial charge in [-0.2, -0.15) is 5.26 Å². The summed E-state index contributed by atoms with van der Waals surface area (Å²) in [6.07, 6.45) is 1.93. The molecule has 7 nitrogen and oxygen atoms in total. The molecule has 0 radical (unpaired) electrons. The SMILES string of the molecule is N#Cc1ccc(CNC(=O)C(Cc2ccccc2)n2cnnn2)cc1. The number of nitriles is 1. The van der Waals surface area contributed by atoms with E-state index in [1.807, 2.05) is 42.5 Å². The average molecular weight is 332 g/mol. The van der Waals surface area contributed by atoms with Crippen molar-refractivity contribution in [2.75, 3.05) is 0 Å². The Bertz CT molecular complexity index is 853. The maximum atomic E-state index is 12.7. The highest BCUT2D eigenvalue weighted by Crippen LogP contribution is 2.13. The Labute approximate surface area is 144 Å². The van der Waals surface area contributed by atoms with Crippen molar-refractivity contribution in [3.8, 4) is 6.07 Å². The number of nitrogens with one attached hydrogen (secondary N) is 1. The zero-order chi connectivity index (χ0) is 17.5. The van der Waals surface area contributed by atoms with Gasteiger partial charge >= 0.3 is 0 Å². The van der Waals surface area contributed by atoms with Gasteiger partial charge in [0, 0.05) is 13.0 Å². The Morgan fingerprint density at radius 2 is 1.88 bits per heavy atom. The van der Waals surface area contributed by atoms with Crippen LogP contribution in [0.4, 0.5) is 0 Å². The second-order valence-corrected chi connectivity index (χ2v) is 5.52. The first-order valence-corrected chi connectivity index (χ1v) is 7.79. The van der Waals surface area contributed by atoms with Crippen LogP contribution < -0.4 is 5.32 Å². The molecule has 1 atom stereocenters. The quantitative estimate of drug-likeness (QED) is 0.740. The Morgan fingerprint density at radius 1 is 1.12 bits per heavy atom. The van der Waals surface area contributed by atoms with E-state index < -0.39 is 6.04 Å². The van der Waals surface area contributed by atoms with E-state index in [1.54, 1.807) is 12.1 Å². The van der Waals surface area contributed by atoms with Crippen LogP contribution in [0.2, 0.25) is 0 Å². The van der Waals surface area contributed by atoms with Gasteiger partial charge in [0.1, 0.15) is 12.4 Å². The van der Waals surface area contributed by atoms with Crippen molar-refractivity contribution in [3.63, 3.8) is 0 Å². The van der Waals surface area contributed by atoms with Crippen LogP contribution in [0.15, 0.2) is 60.9 Å². The van der Waals surface area contributed by atoms with E-state index in [9.17, 15) is 4.79 Å². The first-order valence-electron chi connectivity index (χ1n) is 7.79. The van der Waals surface area contributed by atoms with Gasteiger partial charge in [0.25, 0.3) is 0 Å². The molecule has 0 spiro atoms. The normalized spacial score (nSPS) is 11.5. The molecule has 0 fully saturated rings. The predicted molar refractivity (Wildman–Crippen MR) is 90.0 cm³/mol. The number of hydrogen-bond donors (Lipinski definition) is 1. The van der Waals surface area contributed by atoms with Crippen LogP contribution in [0, 0.1) is 11.3 Å². The molecule has 0 saturated carbocycles. The highest BCUT2D eigenvalue weighted by Gasteiger charge is 2.22. The summed E-state index contributed by atoms with van der Waals surface area (Å²) < 4.78 is 1.46. The Balaban J connectivity index is 1.69. The molecule has 0 aliphatic heterocycles. The van der Waals surface area contributed by atoms with E-state index in [1.165, 1.54) is 11.0 Å². The second kappa shape index (κ2) is 7.84. The summed E-state index contributed by atoms with van der Waals surface area (Å²) in [6.45, 7) is 0.373. The molecule has 2 aromatic carbocycles. The van der Waals surface area contributed by atoms with Crippen molar-refractivity contribution in [1.29, 1.82) is 5.26 Å². The van der Waals surface area contributed by atoms with Crippen LogP contribution in [-0.2, 0) is 17.8 Å². The van der Waals surface area contributed by atoms with E-state index in [-0.39, 0.29) is 5.91 Å². The lowest BCUT2D eigenvalue weighted by Gasteiger charge is -2.16. The number of tetrazole rings is 1. The number of rotatable bonds is 6. The second-order valence-electron chi connectivity index (χ2n) is 5.52. The van der Waals surface area contributed by atoms with E-state index in [0.29, 0.717) is 18.5 Å². The number of hydrogen-bond acceptors (Lipinski definition) is 5. The molecule has 1 N–H and O–H groups in total. The standard InChI is InChI=1S/C18H16N6O/c19-11-15-6-8-16(9-7-15)12-20-18(25)17(24-13-21-22-23-24)10-14-4-2-1-3-5-14/h1-9,13,17H,10,12H2,(H,20,25). The van der Waals surface area contributed by atoms with Gasteiger partial charge in [-0.25, -0.2) is 4.68 Å². The summed E-state index contributed by atoms with van der Waals surface area (Å²) in [7, 11) is 0. The summed E-state index contributed by atoms with van der Waals surface area (Å²) in [5.74, 6) is -0.166. The molecule has 0 aliphatic rings. The van der Waals surface area contributed by atoms with Crippen molar-refractivity contribution < 1.29 is 4.79 Å². The van der Waals surface area contributed by atoms with Gasteiger partial charge in [-0.05, 0) is 33.7 Å². The smallest absolute Gasteiger partial charge is 0.245 e. The van der Waals surface area contributed by atoms with Crippen molar-refractivity contribution in [2.24, 2.45) is 0 Å². The lowest BCUT2D eigenvalue weighted by atomic mass is 10.1. The number of carbonyl (C=O) groups excluding carboxylic acids is 1. The minimum Gasteiger partial charge on any atom is -0.350 e. The van der Waals surface area contributed by atoms with E-state index in [4.69, 9.17) is 5.26 Å². The number of aromatic nitrogens is 4. The molecule has 1 amide bonds. The highest BCUT2D eigenvalue weighted by atomic mass is 16.2. The van der Waals surface area contributed by atoms with E-state index >= 15 is 0 Å². The number of nitrogens with zero attached hydrogens (tertiary/aromatic N) is 5. The molecule has 3 aromatic rings. The zero-order valence-corrected chi connectivity index (χ0v) is 13.4. The lowest BCUT2D eigenvalue weighted by molar-refractivity contribution is -0.124. The third-order valence-electron chi connectivity index (χ3n) is 3.81. The van der Waals surface area contributed by atoms with Gasteiger partial charge in [0.15, 0.2) is 0 Å². The van der Waals surface area contributed by atoms with Gasteiger partial charge in [-0.3, -0.25) is 4.79 Å². The van der Waals surface area contributed by atoms with Crippen LogP contribution in [0.3, 0.4) is 0 Å². The van der Waals surface area contributed by atoms with Crippen LogP contribution in [-0.4, -0.2) is 26.1 Å². The molecule has 1 aromatic heterocycles. The first kappa shape index (κ1) is 16.3. The third-order valence-corrected chi connectivity index (χ3v) is 3.81. The first-order chi connectivity index (χ1) is 12.3. The molecule has 1 heterocycles. The molecule has 124 valence electrons. The molecule has 3 rings (SSSR count). The molecule has 0 saturated heterocycles. The number of amides is 1. The van der Waals surface area contributed by atoms with E-state index in [2.05, 4.69) is 26.9 Å². The van der Waals surface area contributed by atoms with Crippen LogP contribution >= 0.6 is 0 Å². The molecule has 0 aliphatic carbocycles. The monoisotopic (exact) mass is 332 g/mol. The van der Waals surface area contributed by atoms with Crippen molar-refractivity contribution in [1.82, 2.24) is 25.5 Å². The van der Waals surface area contributed by atoms with Gasteiger partial charge < -0.3 is 5.32 Å². The van der Waals surface area contributed by atoms with Gasteiger partial charge in [0.05, 0.1) is 11.6 Å². The number of benzene rings is 2. The summed E-state index contributed by atoms with van der Waals surface area (Å²) in [5.41, 5.74) is 2.53. The fourth-order valence-corrected chi connectivity index (χ4v) is 2.46. The summed E-state index contributed by atoms with van der Waals surface area (Å²) >= 11 is 0. The summed E-state index contributed by atoms with van der Waals surface area (Å²) in [6, 6.07) is 18.4. The van der Waals surface area contributed by atoms with Crippen LogP contribution in [0.1, 0.15) is 22.7 Å². The Kier molecular flexibility index (Phi) is 5.12. The van der Waals surface area contributed by atoms with Crippen LogP contribution in [0.25, 0.3) is 0 Å². The topological polar surface area (TPSA) is 96.5 Å². The summed E-state index contributed by atoms with van der Waals surface area (Å²) in [4.78, 5) is 12.7. The maximum Gasteiger partial charge on any atom is 0.245 e. The minimum atomic E-state index is -0.532. The van der Waals surface area contributed by atoms with Gasteiger partial charge in [-0.1, -0.05) is 42.5 Å². The zero-order valence-electron chi connectivity index (χ0n) is 13.4. The molecular weight excluding hydrogens is 316 g/mol. The molecule has 0 bridgehead atoms. The highest BCUT2D eigenvalue weighted by molar-refractivity contribution is 5.80. The van der Waals surface area contributed by atoms with Gasteiger partial charge in [0.2, 0.25) is 5.91 Å². The summed E-state index contributed by atoms with van der Waals surface area (Å²) in [5, 5.41) is 22.9. The maximum absolute atomic E-state index is 12.7. The van der Waals surface area contributed by atoms with Crippen molar-refractivity contribution in [3.05, 3.63) is 77.6 Å². The average Bonchev–Trinajstić information content (AvgIpc) is 3.20.